The number of hydrogen-bond donors (Lipinski definition) is 1. The number of carbonyl (C=O) groups excluding carboxylic acids is 1. The first-order chi connectivity index (χ1) is 10.3. The Kier molecular flexibility index (Phi) is 4.69. The highest BCUT2D eigenvalue weighted by molar-refractivity contribution is 7.48. The van der Waals surface area contributed by atoms with Crippen molar-refractivity contribution >= 4 is 14.1 Å². The van der Waals surface area contributed by atoms with Crippen LogP contribution in [0.5, 0.6) is 11.5 Å². The molecule has 0 fully saturated rings. The number of benzene rings is 2. The Labute approximate surface area is 129 Å². The molecule has 0 aliphatic heterocycles. The lowest BCUT2D eigenvalue weighted by atomic mass is 10.1. The van der Waals surface area contributed by atoms with Gasteiger partial charge in [-0.3, -0.25) is 9.69 Å². The summed E-state index contributed by atoms with van der Waals surface area (Å²) in [5.41, 5.74) is 3.00. The molecule has 1 unspecified atom stereocenters. The summed E-state index contributed by atoms with van der Waals surface area (Å²) in [6.45, 7) is 5.54. The van der Waals surface area contributed by atoms with Gasteiger partial charge in [0.25, 0.3) is 0 Å². The number of hydrogen-bond acceptors (Lipinski definition) is 4. The lowest BCUT2D eigenvalue weighted by molar-refractivity contribution is 0.112. The van der Waals surface area contributed by atoms with E-state index in [0.29, 0.717) is 17.6 Å². The Hall–Kier alpha value is -2.10. The van der Waals surface area contributed by atoms with Crippen LogP contribution in [0.25, 0.3) is 0 Å². The van der Waals surface area contributed by atoms with Crippen LogP contribution in [0.4, 0.5) is 0 Å². The molecule has 2 aromatic carbocycles. The predicted molar refractivity (Wildman–Crippen MR) is 83.6 cm³/mol. The first-order valence-corrected chi connectivity index (χ1v) is 8.15. The molecule has 1 N–H and O–H groups in total. The lowest BCUT2D eigenvalue weighted by Crippen LogP contribution is -2.02. The van der Waals surface area contributed by atoms with E-state index in [9.17, 15) is 14.3 Å². The molecule has 0 spiro atoms. The fourth-order valence-electron chi connectivity index (χ4n) is 2.19. The molecule has 0 radical (unpaired) electrons. The van der Waals surface area contributed by atoms with Crippen molar-refractivity contribution in [3.8, 4) is 11.5 Å². The fraction of sp³-hybridized carbons (Fsp3) is 0.188. The monoisotopic (exact) mass is 320 g/mol. The topological polar surface area (TPSA) is 72.8 Å². The van der Waals surface area contributed by atoms with Crippen LogP contribution in [0.1, 0.15) is 27.0 Å². The SMILES string of the molecule is Cc1cc(C)c(OP(=O)(O)Oc2ccc(C=O)cc2)c(C)c1. The van der Waals surface area contributed by atoms with Gasteiger partial charge in [-0.2, -0.15) is 0 Å². The Morgan fingerprint density at radius 1 is 1.00 bits per heavy atom. The smallest absolute Gasteiger partial charge is 0.395 e. The van der Waals surface area contributed by atoms with E-state index in [4.69, 9.17) is 9.05 Å². The van der Waals surface area contributed by atoms with Gasteiger partial charge in [-0.05, 0) is 56.2 Å². The van der Waals surface area contributed by atoms with Crippen molar-refractivity contribution < 1.29 is 23.3 Å². The van der Waals surface area contributed by atoms with Crippen molar-refractivity contribution in [1.29, 1.82) is 0 Å². The van der Waals surface area contributed by atoms with Crippen LogP contribution < -0.4 is 9.05 Å². The zero-order valence-electron chi connectivity index (χ0n) is 12.6. The van der Waals surface area contributed by atoms with Crippen LogP contribution in [-0.2, 0) is 4.57 Å². The zero-order chi connectivity index (χ0) is 16.3. The highest BCUT2D eigenvalue weighted by Crippen LogP contribution is 2.46. The van der Waals surface area contributed by atoms with Crippen LogP contribution >= 0.6 is 7.82 Å². The maximum Gasteiger partial charge on any atom is 0.584 e. The largest absolute Gasteiger partial charge is 0.584 e. The summed E-state index contributed by atoms with van der Waals surface area (Å²) in [7, 11) is -4.32. The van der Waals surface area contributed by atoms with E-state index in [1.807, 2.05) is 19.1 Å². The molecule has 5 nitrogen and oxygen atoms in total. The molecule has 1 atom stereocenters. The minimum atomic E-state index is -4.32. The maximum atomic E-state index is 12.1. The Morgan fingerprint density at radius 3 is 2.05 bits per heavy atom. The summed E-state index contributed by atoms with van der Waals surface area (Å²) in [6.07, 6.45) is 0.678. The van der Waals surface area contributed by atoms with Crippen LogP contribution in [0, 0.1) is 20.8 Å². The van der Waals surface area contributed by atoms with Gasteiger partial charge in [-0.1, -0.05) is 17.7 Å². The van der Waals surface area contributed by atoms with Crippen molar-refractivity contribution in [3.05, 3.63) is 58.7 Å². The van der Waals surface area contributed by atoms with E-state index >= 15 is 0 Å². The number of carbonyl (C=O) groups is 1. The van der Waals surface area contributed by atoms with E-state index < -0.39 is 7.82 Å². The van der Waals surface area contributed by atoms with Crippen LogP contribution in [-0.4, -0.2) is 11.2 Å². The molecule has 6 heteroatoms. The molecule has 22 heavy (non-hydrogen) atoms. The third kappa shape index (κ3) is 3.97. The molecule has 2 aromatic rings. The molecule has 116 valence electrons. The summed E-state index contributed by atoms with van der Waals surface area (Å²) in [5, 5.41) is 0. The summed E-state index contributed by atoms with van der Waals surface area (Å²) in [6, 6.07) is 9.58. The van der Waals surface area contributed by atoms with Gasteiger partial charge in [0.1, 0.15) is 17.8 Å². The van der Waals surface area contributed by atoms with E-state index in [1.54, 1.807) is 13.8 Å². The molecule has 0 bridgehead atoms. The normalized spacial score (nSPS) is 13.3. The molecule has 2 rings (SSSR count). The number of phosphoric acid groups is 1. The average molecular weight is 320 g/mol. The first kappa shape index (κ1) is 16.3. The molecule has 0 saturated heterocycles. The standard InChI is InChI=1S/C16H17O5P/c1-11-8-12(2)16(13(3)9-11)21-22(18,19)20-15-6-4-14(10-17)5-7-15/h4-10H,1-3H3,(H,18,19). The van der Waals surface area contributed by atoms with Gasteiger partial charge >= 0.3 is 7.82 Å². The third-order valence-corrected chi connectivity index (χ3v) is 3.90. The Morgan fingerprint density at radius 2 is 1.55 bits per heavy atom. The molecule has 0 heterocycles. The van der Waals surface area contributed by atoms with Crippen molar-refractivity contribution in [1.82, 2.24) is 0 Å². The van der Waals surface area contributed by atoms with E-state index in [1.165, 1.54) is 24.3 Å². The van der Waals surface area contributed by atoms with Crippen molar-refractivity contribution in [3.63, 3.8) is 0 Å². The number of aryl methyl sites for hydroxylation is 3. The van der Waals surface area contributed by atoms with Gasteiger partial charge in [0.2, 0.25) is 0 Å². The Bertz CT molecular complexity index is 714. The highest BCUT2D eigenvalue weighted by Gasteiger charge is 2.26. The van der Waals surface area contributed by atoms with Gasteiger partial charge in [0, 0.05) is 5.56 Å². The average Bonchev–Trinajstić information content (AvgIpc) is 2.43. The van der Waals surface area contributed by atoms with Gasteiger partial charge in [-0.25, -0.2) is 4.57 Å². The van der Waals surface area contributed by atoms with Gasteiger partial charge in [-0.15, -0.1) is 0 Å². The number of aldehydes is 1. The molecule has 0 aliphatic carbocycles. The maximum absolute atomic E-state index is 12.1. The molecular weight excluding hydrogens is 303 g/mol. The van der Waals surface area contributed by atoms with Gasteiger partial charge < -0.3 is 9.05 Å². The fourth-order valence-corrected chi connectivity index (χ4v) is 3.13. The van der Waals surface area contributed by atoms with Crippen LogP contribution in [0.3, 0.4) is 0 Å². The van der Waals surface area contributed by atoms with E-state index in [0.717, 1.165) is 16.7 Å². The highest BCUT2D eigenvalue weighted by atomic mass is 31.2. The Balaban J connectivity index is 2.20. The summed E-state index contributed by atoms with van der Waals surface area (Å²) in [5.74, 6) is 0.486. The molecule has 0 aromatic heterocycles. The zero-order valence-corrected chi connectivity index (χ0v) is 13.5. The first-order valence-electron chi connectivity index (χ1n) is 6.66. The van der Waals surface area contributed by atoms with Gasteiger partial charge in [0.15, 0.2) is 0 Å². The lowest BCUT2D eigenvalue weighted by Gasteiger charge is -2.17. The minimum Gasteiger partial charge on any atom is -0.395 e. The van der Waals surface area contributed by atoms with E-state index in [-0.39, 0.29) is 5.75 Å². The second kappa shape index (κ2) is 6.34. The third-order valence-electron chi connectivity index (χ3n) is 3.05. The number of rotatable bonds is 5. The summed E-state index contributed by atoms with van der Waals surface area (Å²) >= 11 is 0. The van der Waals surface area contributed by atoms with Gasteiger partial charge in [0.05, 0.1) is 0 Å². The predicted octanol–water partition coefficient (Wildman–Crippen LogP) is 3.98. The number of phosphoric ester groups is 1. The molecule has 0 amide bonds. The minimum absolute atomic E-state index is 0.152. The second-order valence-electron chi connectivity index (χ2n) is 5.07. The summed E-state index contributed by atoms with van der Waals surface area (Å²) < 4.78 is 22.4. The van der Waals surface area contributed by atoms with Crippen molar-refractivity contribution in [2.24, 2.45) is 0 Å². The van der Waals surface area contributed by atoms with E-state index in [2.05, 4.69) is 0 Å². The summed E-state index contributed by atoms with van der Waals surface area (Å²) in [4.78, 5) is 20.5. The van der Waals surface area contributed by atoms with Crippen LogP contribution in [0.2, 0.25) is 0 Å². The molecule has 0 saturated carbocycles. The van der Waals surface area contributed by atoms with Crippen molar-refractivity contribution in [2.75, 3.05) is 0 Å². The molecule has 0 aliphatic rings. The van der Waals surface area contributed by atoms with Crippen molar-refractivity contribution in [2.45, 2.75) is 20.8 Å². The quantitative estimate of drug-likeness (QED) is 0.666. The van der Waals surface area contributed by atoms with Crippen LogP contribution in [0.15, 0.2) is 36.4 Å². The molecular formula is C16H17O5P. The second-order valence-corrected chi connectivity index (χ2v) is 6.37.